The number of rotatable bonds is 4. The lowest BCUT2D eigenvalue weighted by atomic mass is 10.3. The van der Waals surface area contributed by atoms with Crippen LogP contribution in [-0.4, -0.2) is 6.54 Å². The predicted molar refractivity (Wildman–Crippen MR) is 34.7 cm³/mol. The zero-order valence-electron chi connectivity index (χ0n) is 5.13. The van der Waals surface area contributed by atoms with Crippen molar-refractivity contribution < 1.29 is 0 Å². The Morgan fingerprint density at radius 1 is 1.62 bits per heavy atom. The molecule has 0 bridgehead atoms. The fourth-order valence-electron chi connectivity index (χ4n) is 0.440. The molecule has 0 aliphatic rings. The first-order chi connectivity index (χ1) is 3.91. The van der Waals surface area contributed by atoms with Crippen LogP contribution in [-0.2, 0) is 0 Å². The molecule has 0 aromatic carbocycles. The highest BCUT2D eigenvalue weighted by Crippen LogP contribution is 1.89. The molecule has 0 rings (SSSR count). The summed E-state index contributed by atoms with van der Waals surface area (Å²) in [6.45, 7) is 2.42. The van der Waals surface area contributed by atoms with E-state index in [4.69, 9.17) is 0 Å². The number of hydrogen-bond acceptors (Lipinski definition) is 2. The molecule has 0 aromatic heterocycles. The first kappa shape index (κ1) is 7.34. The van der Waals surface area contributed by atoms with Crippen LogP contribution in [0.5, 0.6) is 0 Å². The van der Waals surface area contributed by atoms with Gasteiger partial charge < -0.3 is 0 Å². The van der Waals surface area contributed by atoms with Gasteiger partial charge in [0.25, 0.3) is 0 Å². The van der Waals surface area contributed by atoms with Gasteiger partial charge in [0.05, 0.1) is 6.54 Å². The van der Waals surface area contributed by atoms with Crippen LogP contribution in [0.25, 0.3) is 0 Å². The van der Waals surface area contributed by atoms with Crippen molar-refractivity contribution in [3.63, 3.8) is 0 Å². The summed E-state index contributed by atoms with van der Waals surface area (Å²) in [5.41, 5.74) is 0. The lowest BCUT2D eigenvalue weighted by molar-refractivity contribution is 0.850. The molecular weight excluding hydrogens is 102 g/mol. The molecule has 8 heavy (non-hydrogen) atoms. The highest BCUT2D eigenvalue weighted by atomic mass is 16.3. The second-order valence-electron chi connectivity index (χ2n) is 1.56. The number of allylic oxidation sites excluding steroid dienone is 2. The molecule has 0 saturated heterocycles. The molecule has 0 aliphatic heterocycles. The Morgan fingerprint density at radius 3 is 2.88 bits per heavy atom. The Morgan fingerprint density at radius 2 is 2.38 bits per heavy atom. The van der Waals surface area contributed by atoms with Gasteiger partial charge in [0.15, 0.2) is 0 Å². The summed E-state index contributed by atoms with van der Waals surface area (Å²) in [4.78, 5) is 9.49. The first-order valence-corrected chi connectivity index (χ1v) is 2.82. The Bertz CT molecular complexity index is 78.6. The number of hydrogen-bond donors (Lipinski definition) is 0. The molecule has 0 atom stereocenters. The fraction of sp³-hybridized carbons (Fsp3) is 0.667. The maximum atomic E-state index is 9.49. The van der Waals surface area contributed by atoms with Crippen molar-refractivity contribution in [2.24, 2.45) is 5.18 Å². The minimum Gasteiger partial charge on any atom is -0.151 e. The highest BCUT2D eigenvalue weighted by Gasteiger charge is 1.78. The molecule has 0 fully saturated rings. The maximum absolute atomic E-state index is 9.49. The number of nitroso groups, excluding NO2 is 1. The van der Waals surface area contributed by atoms with Gasteiger partial charge in [-0.25, -0.2) is 0 Å². The highest BCUT2D eigenvalue weighted by molar-refractivity contribution is 4.76. The third-order valence-corrected chi connectivity index (χ3v) is 0.856. The van der Waals surface area contributed by atoms with E-state index < -0.39 is 0 Å². The zero-order valence-corrected chi connectivity index (χ0v) is 5.13. The lowest BCUT2D eigenvalue weighted by Crippen LogP contribution is -1.74. The third kappa shape index (κ3) is 5.34. The van der Waals surface area contributed by atoms with E-state index in [0.29, 0.717) is 6.54 Å². The standard InChI is InChI=1S/C6H11NO/c1-2-3-4-5-6-7-8/h2-3H,4-6H2,1H3/b3-2-. The van der Waals surface area contributed by atoms with Gasteiger partial charge in [0.1, 0.15) is 0 Å². The van der Waals surface area contributed by atoms with E-state index in [2.05, 4.69) is 5.18 Å². The second-order valence-corrected chi connectivity index (χ2v) is 1.56. The van der Waals surface area contributed by atoms with Crippen LogP contribution in [0.4, 0.5) is 0 Å². The van der Waals surface area contributed by atoms with Crippen molar-refractivity contribution >= 4 is 0 Å². The van der Waals surface area contributed by atoms with Crippen LogP contribution < -0.4 is 0 Å². The molecule has 0 unspecified atom stereocenters. The molecule has 2 heteroatoms. The van der Waals surface area contributed by atoms with Crippen molar-refractivity contribution in [2.45, 2.75) is 19.8 Å². The lowest BCUT2D eigenvalue weighted by Gasteiger charge is -1.82. The van der Waals surface area contributed by atoms with Crippen LogP contribution >= 0.6 is 0 Å². The molecule has 0 aliphatic carbocycles. The van der Waals surface area contributed by atoms with Gasteiger partial charge in [0, 0.05) is 0 Å². The Hall–Kier alpha value is -0.660. The van der Waals surface area contributed by atoms with Crippen LogP contribution in [0.15, 0.2) is 17.3 Å². The summed E-state index contributed by atoms with van der Waals surface area (Å²) in [6.07, 6.45) is 5.87. The van der Waals surface area contributed by atoms with Gasteiger partial charge in [0.2, 0.25) is 0 Å². The van der Waals surface area contributed by atoms with E-state index in [1.165, 1.54) is 0 Å². The Balaban J connectivity index is 2.82. The topological polar surface area (TPSA) is 29.4 Å². The molecule has 46 valence electrons. The van der Waals surface area contributed by atoms with Crippen LogP contribution in [0.2, 0.25) is 0 Å². The molecule has 0 N–H and O–H groups in total. The van der Waals surface area contributed by atoms with Crippen molar-refractivity contribution in [1.82, 2.24) is 0 Å². The summed E-state index contributed by atoms with van der Waals surface area (Å²) in [5.74, 6) is 0. The summed E-state index contributed by atoms with van der Waals surface area (Å²) in [5, 5.41) is 2.72. The maximum Gasteiger partial charge on any atom is 0.0814 e. The van der Waals surface area contributed by atoms with Crippen molar-refractivity contribution in [3.05, 3.63) is 17.1 Å². The normalized spacial score (nSPS) is 10.1. The van der Waals surface area contributed by atoms with Gasteiger partial charge in [-0.3, -0.25) is 0 Å². The molecule has 0 radical (unpaired) electrons. The molecule has 0 heterocycles. The quantitative estimate of drug-likeness (QED) is 0.312. The van der Waals surface area contributed by atoms with Crippen LogP contribution in [0, 0.1) is 4.91 Å². The van der Waals surface area contributed by atoms with Crippen molar-refractivity contribution in [2.75, 3.05) is 6.54 Å². The summed E-state index contributed by atoms with van der Waals surface area (Å²) in [6, 6.07) is 0. The monoisotopic (exact) mass is 113 g/mol. The molecule has 0 spiro atoms. The van der Waals surface area contributed by atoms with E-state index in [1.807, 2.05) is 19.1 Å². The average Bonchev–Trinajstić information content (AvgIpc) is 1.81. The third-order valence-electron chi connectivity index (χ3n) is 0.856. The van der Waals surface area contributed by atoms with E-state index >= 15 is 0 Å². The summed E-state index contributed by atoms with van der Waals surface area (Å²) in [7, 11) is 0. The second kappa shape index (κ2) is 6.34. The summed E-state index contributed by atoms with van der Waals surface area (Å²) < 4.78 is 0. The minimum absolute atomic E-state index is 0.449. The number of unbranched alkanes of at least 4 members (excludes halogenated alkanes) is 1. The smallest absolute Gasteiger partial charge is 0.0814 e. The Labute approximate surface area is 49.6 Å². The van der Waals surface area contributed by atoms with E-state index in [-0.39, 0.29) is 0 Å². The minimum atomic E-state index is 0.449. The molecule has 0 aromatic rings. The van der Waals surface area contributed by atoms with E-state index in [1.54, 1.807) is 0 Å². The van der Waals surface area contributed by atoms with Gasteiger partial charge >= 0.3 is 0 Å². The van der Waals surface area contributed by atoms with Crippen molar-refractivity contribution in [1.29, 1.82) is 0 Å². The SMILES string of the molecule is C/C=C\CCCN=O. The van der Waals surface area contributed by atoms with Crippen LogP contribution in [0.3, 0.4) is 0 Å². The van der Waals surface area contributed by atoms with E-state index in [9.17, 15) is 4.91 Å². The molecular formula is C6H11NO. The van der Waals surface area contributed by atoms with Crippen molar-refractivity contribution in [3.8, 4) is 0 Å². The van der Waals surface area contributed by atoms with Gasteiger partial charge in [-0.1, -0.05) is 17.3 Å². The molecule has 0 saturated carbocycles. The molecule has 0 amide bonds. The van der Waals surface area contributed by atoms with Gasteiger partial charge in [-0.15, -0.1) is 0 Å². The largest absolute Gasteiger partial charge is 0.151 e. The molecule has 2 nitrogen and oxygen atoms in total. The first-order valence-electron chi connectivity index (χ1n) is 2.82. The number of nitrogens with zero attached hydrogens (tertiary/aromatic N) is 1. The predicted octanol–water partition coefficient (Wildman–Crippen LogP) is 2.11. The van der Waals surface area contributed by atoms with Crippen LogP contribution in [0.1, 0.15) is 19.8 Å². The Kier molecular flexibility index (Phi) is 5.82. The van der Waals surface area contributed by atoms with E-state index in [0.717, 1.165) is 12.8 Å². The average molecular weight is 113 g/mol. The zero-order chi connectivity index (χ0) is 6.24. The van der Waals surface area contributed by atoms with Gasteiger partial charge in [-0.05, 0) is 19.8 Å². The van der Waals surface area contributed by atoms with Gasteiger partial charge in [-0.2, -0.15) is 4.91 Å². The summed E-state index contributed by atoms with van der Waals surface area (Å²) >= 11 is 0. The fourth-order valence-corrected chi connectivity index (χ4v) is 0.440.